The van der Waals surface area contributed by atoms with Crippen molar-refractivity contribution in [1.82, 2.24) is 0 Å². The topological polar surface area (TPSA) is 0 Å². The lowest BCUT2D eigenvalue weighted by Gasteiger charge is -2.06. The molecule has 0 radical (unpaired) electrons. The van der Waals surface area contributed by atoms with Crippen molar-refractivity contribution < 1.29 is 0 Å². The molecule has 0 spiro atoms. The second-order valence-electron chi connectivity index (χ2n) is 5.81. The van der Waals surface area contributed by atoms with Gasteiger partial charge in [-0.15, -0.1) is 17.4 Å². The monoisotopic (exact) mass is 300 g/mol. The zero-order valence-electron chi connectivity index (χ0n) is 12.4. The first-order valence-electron chi connectivity index (χ1n) is 6.12. The molecule has 0 amide bonds. The maximum absolute atomic E-state index is 3.26. The van der Waals surface area contributed by atoms with E-state index in [0.717, 1.165) is 12.8 Å². The van der Waals surface area contributed by atoms with Crippen LogP contribution < -0.4 is 0 Å². The Bertz CT molecular complexity index is 246. The minimum absolute atomic E-state index is 0. The molecule has 0 fully saturated rings. The van der Waals surface area contributed by atoms with Gasteiger partial charge in [0.25, 0.3) is 0 Å². The van der Waals surface area contributed by atoms with Crippen LogP contribution in [0, 0.1) is 28.7 Å². The number of hydrogen-bond donors (Lipinski definition) is 0. The van der Waals surface area contributed by atoms with Crippen LogP contribution in [0.1, 0.15) is 77.2 Å². The van der Waals surface area contributed by atoms with Gasteiger partial charge in [0.15, 0.2) is 0 Å². The third kappa shape index (κ3) is 53.1. The number of hydrogen-bond acceptors (Lipinski definition) is 0. The molecular weight excluding hydrogens is 256 g/mol. The zero-order chi connectivity index (χ0) is 13.2. The summed E-state index contributed by atoms with van der Waals surface area (Å²) in [6.45, 7) is 17.3. The van der Waals surface area contributed by atoms with Gasteiger partial charge in [0.1, 0.15) is 8.07 Å². The van der Waals surface area contributed by atoms with E-state index < -0.39 is 8.07 Å². The van der Waals surface area contributed by atoms with Crippen LogP contribution >= 0.6 is 0 Å². The predicted octanol–water partition coefficient (Wildman–Crippen LogP) is 7.27. The lowest BCUT2D eigenvalue weighted by molar-refractivity contribution is 0.570. The molecule has 0 nitrogen and oxygen atoms in total. The van der Waals surface area contributed by atoms with Gasteiger partial charge in [-0.05, 0) is 20.8 Å². The molecule has 0 aromatic heterocycles. The Hall–Kier alpha value is -0.663. The Kier molecular flexibility index (Phi) is 33.5. The van der Waals surface area contributed by atoms with Crippen LogP contribution in [-0.4, -0.2) is 8.07 Å². The van der Waals surface area contributed by atoms with Gasteiger partial charge in [-0.25, -0.2) is 0 Å². The average molecular weight is 301 g/mol. The molecule has 0 saturated carbocycles. The van der Waals surface area contributed by atoms with Crippen LogP contribution in [0.5, 0.6) is 0 Å². The summed E-state index contributed by atoms with van der Waals surface area (Å²) >= 11 is 0. The Morgan fingerprint density at radius 1 is 0.750 bits per heavy atom. The highest BCUT2D eigenvalue weighted by atomic mass is 28.3. The minimum Gasteiger partial charge on any atom is -0.132 e. The van der Waals surface area contributed by atoms with Crippen molar-refractivity contribution in [2.24, 2.45) is 5.41 Å². The third-order valence-corrected chi connectivity index (χ3v) is 2.21. The minimum atomic E-state index is -1.04. The molecule has 0 aliphatic carbocycles. The maximum Gasteiger partial charge on any atom is 0.129 e. The molecule has 124 valence electrons. The molecule has 20 heavy (non-hydrogen) atoms. The summed E-state index contributed by atoms with van der Waals surface area (Å²) in [5.41, 5.74) is 3.45. The van der Waals surface area contributed by atoms with Gasteiger partial charge >= 0.3 is 0 Å². The highest BCUT2D eigenvalue weighted by molar-refractivity contribution is 6.83. The van der Waals surface area contributed by atoms with Gasteiger partial charge in [0, 0.05) is 18.3 Å². The van der Waals surface area contributed by atoms with Crippen molar-refractivity contribution >= 4 is 8.07 Å². The van der Waals surface area contributed by atoms with Crippen LogP contribution in [0.3, 0.4) is 0 Å². The summed E-state index contributed by atoms with van der Waals surface area (Å²) in [5, 5.41) is 0. The van der Waals surface area contributed by atoms with Crippen LogP contribution in [0.25, 0.3) is 0 Å². The van der Waals surface area contributed by atoms with E-state index in [4.69, 9.17) is 0 Å². The largest absolute Gasteiger partial charge is 0.132 e. The summed E-state index contributed by atoms with van der Waals surface area (Å²) in [6, 6.07) is 0. The summed E-state index contributed by atoms with van der Waals surface area (Å²) < 4.78 is 0. The molecule has 0 aromatic carbocycles. The maximum atomic E-state index is 3.26. The molecule has 0 heterocycles. The zero-order valence-corrected chi connectivity index (χ0v) is 13.4. The van der Waals surface area contributed by atoms with E-state index in [1.165, 1.54) is 0 Å². The molecule has 0 rings (SSSR count). The van der Waals surface area contributed by atoms with Gasteiger partial charge in [0.05, 0.1) is 0 Å². The van der Waals surface area contributed by atoms with Crippen molar-refractivity contribution in [3.8, 4) is 23.3 Å². The summed E-state index contributed by atoms with van der Waals surface area (Å²) in [6.07, 6.45) is 1.97. The van der Waals surface area contributed by atoms with Crippen molar-refractivity contribution in [2.75, 3.05) is 0 Å². The van der Waals surface area contributed by atoms with Crippen LogP contribution in [0.15, 0.2) is 0 Å². The highest BCUT2D eigenvalue weighted by Crippen LogP contribution is 2.09. The molecule has 1 heteroatoms. The molecule has 0 aromatic rings. The second kappa shape index (κ2) is 18.3. The quantitative estimate of drug-likeness (QED) is 0.326. The predicted molar refractivity (Wildman–Crippen MR) is 106 cm³/mol. The Morgan fingerprint density at radius 3 is 1.20 bits per heavy atom. The lowest BCUT2D eigenvalue weighted by atomic mass is 9.98. The standard InChI is InChI=1S/C8H14.C7H14Si.4CH4/c2*1-5-6-7-8(2,3)4;;;;/h2*5H2,1-4H3;4*1H4. The smallest absolute Gasteiger partial charge is 0.129 e. The first-order chi connectivity index (χ1) is 7.12. The lowest BCUT2D eigenvalue weighted by Crippen LogP contribution is -2.16. The molecule has 0 saturated heterocycles. The Labute approximate surface area is 134 Å². The molecule has 0 aliphatic heterocycles. The van der Waals surface area contributed by atoms with E-state index in [0.29, 0.717) is 0 Å². The van der Waals surface area contributed by atoms with E-state index in [1.807, 2.05) is 0 Å². The Balaban J connectivity index is -0.0000000408. The van der Waals surface area contributed by atoms with Gasteiger partial charge in [-0.2, -0.15) is 0 Å². The fraction of sp³-hybridized carbons (Fsp3) is 0.789. The molecular formula is C19H44Si. The first-order valence-corrected chi connectivity index (χ1v) is 9.62. The van der Waals surface area contributed by atoms with Crippen molar-refractivity contribution in [3.05, 3.63) is 0 Å². The molecule has 0 unspecified atom stereocenters. The summed E-state index contributed by atoms with van der Waals surface area (Å²) in [7, 11) is -1.04. The highest BCUT2D eigenvalue weighted by Gasteiger charge is 2.06. The van der Waals surface area contributed by atoms with Crippen LogP contribution in [0.4, 0.5) is 0 Å². The molecule has 0 atom stereocenters. The average Bonchev–Trinajstić information content (AvgIpc) is 2.10. The molecule has 0 N–H and O–H groups in total. The van der Waals surface area contributed by atoms with E-state index in [9.17, 15) is 0 Å². The molecule has 0 bridgehead atoms. The fourth-order valence-electron chi connectivity index (χ4n) is 0.707. The SMILES string of the molecule is C.C.C.C.CCC#CC(C)(C)C.CCC#C[Si](C)(C)C. The van der Waals surface area contributed by atoms with Crippen LogP contribution in [-0.2, 0) is 0 Å². The van der Waals surface area contributed by atoms with Crippen molar-refractivity contribution in [2.45, 2.75) is 96.8 Å². The Morgan fingerprint density at radius 2 is 1.10 bits per heavy atom. The van der Waals surface area contributed by atoms with E-state index in [2.05, 4.69) is 77.6 Å². The van der Waals surface area contributed by atoms with E-state index in [1.54, 1.807) is 0 Å². The van der Waals surface area contributed by atoms with Crippen molar-refractivity contribution in [1.29, 1.82) is 0 Å². The third-order valence-electron chi connectivity index (χ3n) is 1.28. The van der Waals surface area contributed by atoms with E-state index in [-0.39, 0.29) is 35.1 Å². The van der Waals surface area contributed by atoms with Gasteiger partial charge in [-0.1, -0.05) is 69.1 Å². The van der Waals surface area contributed by atoms with Gasteiger partial charge in [-0.3, -0.25) is 0 Å². The van der Waals surface area contributed by atoms with Gasteiger partial charge in [0.2, 0.25) is 0 Å². The fourth-order valence-corrected chi connectivity index (χ4v) is 1.41. The second-order valence-corrected chi connectivity index (χ2v) is 10.6. The number of rotatable bonds is 0. The van der Waals surface area contributed by atoms with Gasteiger partial charge < -0.3 is 0 Å². The normalized spacial score (nSPS) is 8.00. The molecule has 0 aliphatic rings. The first kappa shape index (κ1) is 36.6. The van der Waals surface area contributed by atoms with Crippen molar-refractivity contribution in [3.63, 3.8) is 0 Å². The van der Waals surface area contributed by atoms with Crippen LogP contribution in [0.2, 0.25) is 19.6 Å². The van der Waals surface area contributed by atoms with E-state index >= 15 is 0 Å². The summed E-state index contributed by atoms with van der Waals surface area (Å²) in [5.74, 6) is 9.26. The summed E-state index contributed by atoms with van der Waals surface area (Å²) in [4.78, 5) is 0.